The van der Waals surface area contributed by atoms with Crippen LogP contribution in [0.5, 0.6) is 0 Å². The van der Waals surface area contributed by atoms with Crippen LogP contribution in [0.4, 0.5) is 17.2 Å². The van der Waals surface area contributed by atoms with Gasteiger partial charge in [0.15, 0.2) is 0 Å². The number of thiophene rings is 1. The summed E-state index contributed by atoms with van der Waals surface area (Å²) in [4.78, 5) is 38.3. The number of rotatable bonds is 3. The number of amides is 2. The molecular weight excluding hydrogens is 362 g/mol. The highest BCUT2D eigenvalue weighted by atomic mass is 32.1. The van der Waals surface area contributed by atoms with Gasteiger partial charge in [0.05, 0.1) is 23.3 Å². The summed E-state index contributed by atoms with van der Waals surface area (Å²) < 4.78 is 0. The summed E-state index contributed by atoms with van der Waals surface area (Å²) in [5.41, 5.74) is 1.38. The van der Waals surface area contributed by atoms with E-state index in [2.05, 4.69) is 15.3 Å². The van der Waals surface area contributed by atoms with Crippen molar-refractivity contribution in [1.82, 2.24) is 9.97 Å². The van der Waals surface area contributed by atoms with Crippen molar-refractivity contribution in [3.05, 3.63) is 42.0 Å². The van der Waals surface area contributed by atoms with Gasteiger partial charge in [-0.25, -0.2) is 9.97 Å². The molecule has 0 saturated carbocycles. The Hall–Kier alpha value is -3.00. The fourth-order valence-electron chi connectivity index (χ4n) is 3.40. The quantitative estimate of drug-likeness (QED) is 0.755. The zero-order chi connectivity index (χ0) is 19.0. The number of anilines is 3. The number of aromatic nitrogens is 2. The lowest BCUT2D eigenvalue weighted by atomic mass is 10.1. The fourth-order valence-corrected chi connectivity index (χ4v) is 4.13. The molecule has 3 heterocycles. The Labute approximate surface area is 160 Å². The molecule has 27 heavy (non-hydrogen) atoms. The van der Waals surface area contributed by atoms with Gasteiger partial charge in [0.25, 0.3) is 0 Å². The average Bonchev–Trinajstić information content (AvgIpc) is 3.06. The second-order valence-corrected chi connectivity index (χ2v) is 7.47. The monoisotopic (exact) mass is 381 g/mol. The zero-order valence-corrected chi connectivity index (χ0v) is 15.9. The second kappa shape index (κ2) is 6.96. The molecule has 1 N–H and O–H groups in total. The lowest BCUT2D eigenvalue weighted by Gasteiger charge is -2.30. The van der Waals surface area contributed by atoms with E-state index in [1.165, 1.54) is 6.33 Å². The summed E-state index contributed by atoms with van der Waals surface area (Å²) in [6.45, 7) is 2.04. The van der Waals surface area contributed by atoms with Gasteiger partial charge >= 0.3 is 0 Å². The van der Waals surface area contributed by atoms with E-state index in [0.29, 0.717) is 5.69 Å². The van der Waals surface area contributed by atoms with E-state index in [1.54, 1.807) is 16.2 Å². The SMILES string of the molecule is CC1CC(=O)Nc2ccccc2N1C(=O)CN(C)c1ncnc2sccc12. The van der Waals surface area contributed by atoms with E-state index >= 15 is 0 Å². The topological polar surface area (TPSA) is 78.4 Å². The molecule has 1 atom stereocenters. The number of nitrogens with zero attached hydrogens (tertiary/aromatic N) is 4. The van der Waals surface area contributed by atoms with E-state index in [4.69, 9.17) is 0 Å². The molecule has 0 aliphatic carbocycles. The first kappa shape index (κ1) is 17.4. The van der Waals surface area contributed by atoms with Crippen molar-refractivity contribution in [2.24, 2.45) is 0 Å². The summed E-state index contributed by atoms with van der Waals surface area (Å²) in [5.74, 6) is 0.546. The van der Waals surface area contributed by atoms with Crippen LogP contribution in [0.25, 0.3) is 10.2 Å². The fraction of sp³-hybridized carbons (Fsp3) is 0.263. The van der Waals surface area contributed by atoms with Gasteiger partial charge in [-0.05, 0) is 30.5 Å². The van der Waals surface area contributed by atoms with Gasteiger partial charge in [-0.15, -0.1) is 11.3 Å². The van der Waals surface area contributed by atoms with E-state index in [9.17, 15) is 9.59 Å². The number of fused-ring (bicyclic) bond motifs is 2. The van der Waals surface area contributed by atoms with E-state index < -0.39 is 0 Å². The Morgan fingerprint density at radius 1 is 1.33 bits per heavy atom. The molecule has 0 radical (unpaired) electrons. The minimum atomic E-state index is -0.235. The Morgan fingerprint density at radius 2 is 2.15 bits per heavy atom. The molecule has 0 fully saturated rings. The van der Waals surface area contributed by atoms with Gasteiger partial charge in [-0.1, -0.05) is 12.1 Å². The van der Waals surface area contributed by atoms with Crippen molar-refractivity contribution in [2.75, 3.05) is 28.7 Å². The highest BCUT2D eigenvalue weighted by molar-refractivity contribution is 7.16. The maximum absolute atomic E-state index is 13.2. The number of likely N-dealkylation sites (N-methyl/N-ethyl adjacent to an activating group) is 1. The normalized spacial score (nSPS) is 16.6. The first-order chi connectivity index (χ1) is 13.0. The third kappa shape index (κ3) is 3.23. The Bertz CT molecular complexity index is 1020. The molecule has 2 aromatic heterocycles. The summed E-state index contributed by atoms with van der Waals surface area (Å²) in [7, 11) is 1.84. The average molecular weight is 381 g/mol. The van der Waals surface area contributed by atoms with Crippen molar-refractivity contribution < 1.29 is 9.59 Å². The number of nitrogens with one attached hydrogen (secondary N) is 1. The molecule has 0 bridgehead atoms. The maximum Gasteiger partial charge on any atom is 0.246 e. The van der Waals surface area contributed by atoms with Gasteiger partial charge in [0.2, 0.25) is 11.8 Å². The summed E-state index contributed by atoms with van der Waals surface area (Å²) >= 11 is 1.54. The van der Waals surface area contributed by atoms with Crippen LogP contribution in [0, 0.1) is 0 Å². The van der Waals surface area contributed by atoms with Crippen molar-refractivity contribution in [3.8, 4) is 0 Å². The van der Waals surface area contributed by atoms with E-state index in [1.807, 2.05) is 54.6 Å². The standard InChI is InChI=1S/C19H19N5O2S/c1-12-9-16(25)22-14-5-3-4-6-15(14)24(12)17(26)10-23(2)18-13-7-8-27-19(13)21-11-20-18/h3-8,11-12H,9-10H2,1-2H3,(H,22,25). The molecule has 138 valence electrons. The maximum atomic E-state index is 13.2. The molecule has 8 heteroatoms. The largest absolute Gasteiger partial charge is 0.350 e. The predicted octanol–water partition coefficient (Wildman–Crippen LogP) is 2.89. The predicted molar refractivity (Wildman–Crippen MR) is 107 cm³/mol. The molecule has 1 aromatic carbocycles. The van der Waals surface area contributed by atoms with Crippen LogP contribution >= 0.6 is 11.3 Å². The molecule has 1 aliphatic rings. The van der Waals surface area contributed by atoms with Gasteiger partial charge < -0.3 is 15.1 Å². The van der Waals surface area contributed by atoms with Crippen molar-refractivity contribution in [2.45, 2.75) is 19.4 Å². The molecule has 0 saturated heterocycles. The third-order valence-electron chi connectivity index (χ3n) is 4.60. The lowest BCUT2D eigenvalue weighted by molar-refractivity contribution is -0.118. The number of hydrogen-bond donors (Lipinski definition) is 1. The summed E-state index contributed by atoms with van der Waals surface area (Å²) in [6, 6.07) is 9.11. The zero-order valence-electron chi connectivity index (χ0n) is 15.0. The van der Waals surface area contributed by atoms with Crippen molar-refractivity contribution >= 4 is 50.6 Å². The van der Waals surface area contributed by atoms with Gasteiger partial charge in [-0.3, -0.25) is 9.59 Å². The van der Waals surface area contributed by atoms with Crippen LogP contribution in [-0.4, -0.2) is 41.4 Å². The summed E-state index contributed by atoms with van der Waals surface area (Å²) in [6.07, 6.45) is 1.77. The molecule has 0 spiro atoms. The third-order valence-corrected chi connectivity index (χ3v) is 5.42. The van der Waals surface area contributed by atoms with Gasteiger partial charge in [-0.2, -0.15) is 0 Å². The van der Waals surface area contributed by atoms with Crippen molar-refractivity contribution in [1.29, 1.82) is 0 Å². The molecule has 4 rings (SSSR count). The molecule has 1 unspecified atom stereocenters. The minimum absolute atomic E-state index is 0.0871. The van der Waals surface area contributed by atoms with E-state index in [0.717, 1.165) is 21.7 Å². The molecular formula is C19H19N5O2S. The van der Waals surface area contributed by atoms with Crippen molar-refractivity contribution in [3.63, 3.8) is 0 Å². The minimum Gasteiger partial charge on any atom is -0.350 e. The Morgan fingerprint density at radius 3 is 3.00 bits per heavy atom. The molecule has 7 nitrogen and oxygen atoms in total. The first-order valence-corrected chi connectivity index (χ1v) is 9.53. The first-order valence-electron chi connectivity index (χ1n) is 8.65. The van der Waals surface area contributed by atoms with Crippen LogP contribution < -0.4 is 15.1 Å². The highest BCUT2D eigenvalue weighted by Gasteiger charge is 2.30. The molecule has 2 amide bonds. The smallest absolute Gasteiger partial charge is 0.246 e. The number of hydrogen-bond acceptors (Lipinski definition) is 6. The van der Waals surface area contributed by atoms with Crippen LogP contribution in [-0.2, 0) is 9.59 Å². The Kier molecular flexibility index (Phi) is 4.49. The number of carbonyl (C=O) groups is 2. The van der Waals surface area contributed by atoms with Crippen LogP contribution in [0.1, 0.15) is 13.3 Å². The highest BCUT2D eigenvalue weighted by Crippen LogP contribution is 2.32. The number of para-hydroxylation sites is 2. The lowest BCUT2D eigenvalue weighted by Crippen LogP contribution is -2.44. The van der Waals surface area contributed by atoms with Crippen LogP contribution in [0.2, 0.25) is 0 Å². The Balaban J connectivity index is 1.64. The number of benzene rings is 1. The van der Waals surface area contributed by atoms with Crippen LogP contribution in [0.15, 0.2) is 42.0 Å². The molecule has 3 aromatic rings. The molecule has 1 aliphatic heterocycles. The van der Waals surface area contributed by atoms with Gasteiger partial charge in [0, 0.05) is 19.5 Å². The van der Waals surface area contributed by atoms with Gasteiger partial charge in [0.1, 0.15) is 17.0 Å². The second-order valence-electron chi connectivity index (χ2n) is 6.57. The summed E-state index contributed by atoms with van der Waals surface area (Å²) in [5, 5.41) is 5.77. The van der Waals surface area contributed by atoms with E-state index in [-0.39, 0.29) is 30.8 Å². The number of carbonyl (C=O) groups excluding carboxylic acids is 2. The van der Waals surface area contributed by atoms with Crippen LogP contribution in [0.3, 0.4) is 0 Å².